The second-order valence-electron chi connectivity index (χ2n) is 5.91. The average Bonchev–Trinajstić information content (AvgIpc) is 2.37. The van der Waals surface area contributed by atoms with E-state index in [1.807, 2.05) is 0 Å². The van der Waals surface area contributed by atoms with E-state index in [1.54, 1.807) is 0 Å². The minimum Gasteiger partial charge on any atom is -0.380 e. The van der Waals surface area contributed by atoms with Crippen LogP contribution in [0.25, 0.3) is 0 Å². The third-order valence-corrected chi connectivity index (χ3v) is 4.05. The van der Waals surface area contributed by atoms with Crippen molar-refractivity contribution >= 4 is 0 Å². The van der Waals surface area contributed by atoms with E-state index in [1.165, 1.54) is 32.1 Å². The van der Waals surface area contributed by atoms with Crippen LogP contribution < -0.4 is 5.32 Å². The Kier molecular flexibility index (Phi) is 3.68. The van der Waals surface area contributed by atoms with Crippen molar-refractivity contribution in [1.29, 1.82) is 0 Å². The Morgan fingerprint density at radius 2 is 1.93 bits per heavy atom. The molecule has 0 aromatic heterocycles. The Morgan fingerprint density at radius 3 is 2.60 bits per heavy atom. The van der Waals surface area contributed by atoms with Crippen molar-refractivity contribution in [3.8, 4) is 0 Å². The SMILES string of the molecule is CC1CCCCCC1NCC1(C)COC1. The van der Waals surface area contributed by atoms with Crippen LogP contribution in [0, 0.1) is 11.3 Å². The highest BCUT2D eigenvalue weighted by atomic mass is 16.5. The first kappa shape index (κ1) is 11.4. The summed E-state index contributed by atoms with van der Waals surface area (Å²) in [6, 6.07) is 0.755. The Morgan fingerprint density at radius 1 is 1.20 bits per heavy atom. The summed E-state index contributed by atoms with van der Waals surface area (Å²) < 4.78 is 5.29. The second-order valence-corrected chi connectivity index (χ2v) is 5.91. The van der Waals surface area contributed by atoms with E-state index < -0.39 is 0 Å². The standard InChI is InChI=1S/C13H25NO/c1-11-6-4-3-5-7-12(11)14-8-13(2)9-15-10-13/h11-12,14H,3-10H2,1-2H3. The second kappa shape index (κ2) is 4.84. The van der Waals surface area contributed by atoms with Gasteiger partial charge in [0.2, 0.25) is 0 Å². The van der Waals surface area contributed by atoms with Crippen LogP contribution in [0.3, 0.4) is 0 Å². The summed E-state index contributed by atoms with van der Waals surface area (Å²) >= 11 is 0. The van der Waals surface area contributed by atoms with Gasteiger partial charge in [0.1, 0.15) is 0 Å². The van der Waals surface area contributed by atoms with E-state index in [0.29, 0.717) is 5.41 Å². The quantitative estimate of drug-likeness (QED) is 0.724. The van der Waals surface area contributed by atoms with Gasteiger partial charge in [-0.2, -0.15) is 0 Å². The van der Waals surface area contributed by atoms with Gasteiger partial charge in [0.25, 0.3) is 0 Å². The van der Waals surface area contributed by atoms with Crippen LogP contribution in [0.1, 0.15) is 46.0 Å². The maximum Gasteiger partial charge on any atom is 0.0554 e. The highest BCUT2D eigenvalue weighted by molar-refractivity contribution is 4.86. The van der Waals surface area contributed by atoms with Crippen molar-refractivity contribution in [2.24, 2.45) is 11.3 Å². The highest BCUT2D eigenvalue weighted by Gasteiger charge is 2.34. The van der Waals surface area contributed by atoms with Crippen molar-refractivity contribution < 1.29 is 4.74 Å². The highest BCUT2D eigenvalue weighted by Crippen LogP contribution is 2.27. The molecule has 15 heavy (non-hydrogen) atoms. The van der Waals surface area contributed by atoms with E-state index >= 15 is 0 Å². The zero-order valence-electron chi connectivity index (χ0n) is 10.2. The molecule has 2 rings (SSSR count). The molecule has 2 atom stereocenters. The lowest BCUT2D eigenvalue weighted by Crippen LogP contribution is -2.50. The smallest absolute Gasteiger partial charge is 0.0554 e. The molecular formula is C13H25NO. The number of hydrogen-bond acceptors (Lipinski definition) is 2. The molecule has 88 valence electrons. The first-order chi connectivity index (χ1) is 7.20. The number of ether oxygens (including phenoxy) is 1. The minimum atomic E-state index is 0.423. The van der Waals surface area contributed by atoms with Crippen LogP contribution in [0.2, 0.25) is 0 Å². The molecule has 2 nitrogen and oxygen atoms in total. The van der Waals surface area contributed by atoms with Crippen LogP contribution in [-0.2, 0) is 4.74 Å². The third-order valence-electron chi connectivity index (χ3n) is 4.05. The van der Waals surface area contributed by atoms with Gasteiger partial charge < -0.3 is 10.1 Å². The van der Waals surface area contributed by atoms with Crippen LogP contribution in [0.4, 0.5) is 0 Å². The Bertz CT molecular complexity index is 201. The molecule has 1 N–H and O–H groups in total. The summed E-state index contributed by atoms with van der Waals surface area (Å²) in [5, 5.41) is 3.77. The normalized spacial score (nSPS) is 35.6. The molecule has 0 bridgehead atoms. The third kappa shape index (κ3) is 2.94. The monoisotopic (exact) mass is 211 g/mol. The largest absolute Gasteiger partial charge is 0.380 e. The molecule has 1 aliphatic carbocycles. The van der Waals surface area contributed by atoms with Crippen LogP contribution >= 0.6 is 0 Å². The average molecular weight is 211 g/mol. The topological polar surface area (TPSA) is 21.3 Å². The predicted octanol–water partition coefficient (Wildman–Crippen LogP) is 2.58. The molecule has 0 radical (unpaired) electrons. The summed E-state index contributed by atoms with van der Waals surface area (Å²) in [7, 11) is 0. The molecule has 2 fully saturated rings. The van der Waals surface area contributed by atoms with Crippen molar-refractivity contribution in [2.75, 3.05) is 19.8 Å². The molecular weight excluding hydrogens is 186 g/mol. The minimum absolute atomic E-state index is 0.423. The number of rotatable bonds is 3. The molecule has 0 amide bonds. The zero-order chi connectivity index (χ0) is 10.7. The first-order valence-electron chi connectivity index (χ1n) is 6.51. The molecule has 1 aliphatic heterocycles. The molecule has 1 saturated heterocycles. The molecule has 0 spiro atoms. The Balaban J connectivity index is 1.76. The van der Waals surface area contributed by atoms with E-state index in [9.17, 15) is 0 Å². The maximum atomic E-state index is 5.29. The predicted molar refractivity (Wildman–Crippen MR) is 63.0 cm³/mol. The van der Waals surface area contributed by atoms with Crippen LogP contribution in [-0.4, -0.2) is 25.8 Å². The zero-order valence-corrected chi connectivity index (χ0v) is 10.2. The van der Waals surface area contributed by atoms with E-state index in [0.717, 1.165) is 31.7 Å². The lowest BCUT2D eigenvalue weighted by Gasteiger charge is -2.40. The van der Waals surface area contributed by atoms with E-state index in [2.05, 4.69) is 19.2 Å². The maximum absolute atomic E-state index is 5.29. The van der Waals surface area contributed by atoms with Gasteiger partial charge >= 0.3 is 0 Å². The van der Waals surface area contributed by atoms with Gasteiger partial charge in [-0.15, -0.1) is 0 Å². The Hall–Kier alpha value is -0.0800. The number of hydrogen-bond donors (Lipinski definition) is 1. The molecule has 1 saturated carbocycles. The van der Waals surface area contributed by atoms with E-state index in [-0.39, 0.29) is 0 Å². The fourth-order valence-electron chi connectivity index (χ4n) is 2.73. The van der Waals surface area contributed by atoms with Gasteiger partial charge in [0, 0.05) is 18.0 Å². The van der Waals surface area contributed by atoms with Crippen LogP contribution in [0.15, 0.2) is 0 Å². The molecule has 1 heterocycles. The van der Waals surface area contributed by atoms with Gasteiger partial charge in [-0.25, -0.2) is 0 Å². The van der Waals surface area contributed by atoms with Crippen molar-refractivity contribution in [1.82, 2.24) is 5.32 Å². The molecule has 2 aliphatic rings. The molecule has 2 heteroatoms. The molecule has 2 unspecified atom stereocenters. The fourth-order valence-corrected chi connectivity index (χ4v) is 2.73. The lowest BCUT2D eigenvalue weighted by molar-refractivity contribution is -0.101. The van der Waals surface area contributed by atoms with Crippen LogP contribution in [0.5, 0.6) is 0 Å². The van der Waals surface area contributed by atoms with Crippen molar-refractivity contribution in [2.45, 2.75) is 52.0 Å². The Labute approximate surface area is 93.8 Å². The molecule has 0 aromatic carbocycles. The fraction of sp³-hybridized carbons (Fsp3) is 1.00. The summed E-state index contributed by atoms with van der Waals surface area (Å²) in [6.07, 6.45) is 7.06. The first-order valence-corrected chi connectivity index (χ1v) is 6.51. The summed E-state index contributed by atoms with van der Waals surface area (Å²) in [5.74, 6) is 0.858. The summed E-state index contributed by atoms with van der Waals surface area (Å²) in [6.45, 7) is 7.76. The number of nitrogens with one attached hydrogen (secondary N) is 1. The van der Waals surface area contributed by atoms with Gasteiger partial charge in [-0.1, -0.05) is 33.1 Å². The van der Waals surface area contributed by atoms with Gasteiger partial charge in [0.05, 0.1) is 13.2 Å². The van der Waals surface area contributed by atoms with Gasteiger partial charge in [-0.3, -0.25) is 0 Å². The lowest BCUT2D eigenvalue weighted by atomic mass is 9.87. The van der Waals surface area contributed by atoms with Crippen molar-refractivity contribution in [3.63, 3.8) is 0 Å². The van der Waals surface area contributed by atoms with Gasteiger partial charge in [-0.05, 0) is 18.8 Å². The molecule has 0 aromatic rings. The van der Waals surface area contributed by atoms with Crippen molar-refractivity contribution in [3.05, 3.63) is 0 Å². The van der Waals surface area contributed by atoms with Gasteiger partial charge in [0.15, 0.2) is 0 Å². The summed E-state index contributed by atoms with van der Waals surface area (Å²) in [5.41, 5.74) is 0.423. The summed E-state index contributed by atoms with van der Waals surface area (Å²) in [4.78, 5) is 0. The van der Waals surface area contributed by atoms with E-state index in [4.69, 9.17) is 4.74 Å².